The monoisotopic (exact) mass is 493 g/mol. The van der Waals surface area contributed by atoms with Crippen LogP contribution in [-0.2, 0) is 15.9 Å². The number of carbonyl (C=O) groups is 2. The SMILES string of the molecule is CC(C)(C)OC(=O)N1CC[C@H](Oc2cc(CC(C)(C)OC(=O)N3CC[C@H](O)C3)cc([N+](=O)[O-])c2)C1. The summed E-state index contributed by atoms with van der Waals surface area (Å²) in [5, 5.41) is 21.2. The van der Waals surface area contributed by atoms with Crippen LogP contribution in [0.2, 0.25) is 0 Å². The van der Waals surface area contributed by atoms with Crippen molar-refractivity contribution in [2.24, 2.45) is 0 Å². The highest BCUT2D eigenvalue weighted by Gasteiger charge is 2.33. The van der Waals surface area contributed by atoms with Crippen molar-refractivity contribution in [3.05, 3.63) is 33.9 Å². The van der Waals surface area contributed by atoms with Crippen LogP contribution in [0.3, 0.4) is 0 Å². The molecule has 0 aliphatic carbocycles. The number of nitro groups is 1. The Morgan fingerprint density at radius 2 is 1.66 bits per heavy atom. The van der Waals surface area contributed by atoms with E-state index in [2.05, 4.69) is 0 Å². The van der Waals surface area contributed by atoms with E-state index >= 15 is 0 Å². The third kappa shape index (κ3) is 7.71. The van der Waals surface area contributed by atoms with E-state index in [4.69, 9.17) is 14.2 Å². The van der Waals surface area contributed by atoms with E-state index < -0.39 is 34.4 Å². The number of rotatable bonds is 6. The maximum atomic E-state index is 12.5. The molecule has 2 heterocycles. The summed E-state index contributed by atoms with van der Waals surface area (Å²) in [7, 11) is 0. The van der Waals surface area contributed by atoms with Crippen LogP contribution in [0.5, 0.6) is 5.75 Å². The fraction of sp³-hybridized carbons (Fsp3) is 0.667. The largest absolute Gasteiger partial charge is 0.488 e. The number of non-ortho nitro benzene ring substituents is 1. The van der Waals surface area contributed by atoms with Gasteiger partial charge >= 0.3 is 12.2 Å². The number of hydrogen-bond acceptors (Lipinski definition) is 8. The minimum Gasteiger partial charge on any atom is -0.488 e. The molecule has 11 nitrogen and oxygen atoms in total. The summed E-state index contributed by atoms with van der Waals surface area (Å²) < 4.78 is 17.0. The molecule has 0 saturated carbocycles. The maximum absolute atomic E-state index is 12.5. The van der Waals surface area contributed by atoms with Gasteiger partial charge in [0.05, 0.1) is 23.6 Å². The number of nitrogens with zero attached hydrogens (tertiary/aromatic N) is 3. The molecule has 35 heavy (non-hydrogen) atoms. The lowest BCUT2D eigenvalue weighted by atomic mass is 9.97. The second kappa shape index (κ2) is 10.3. The lowest BCUT2D eigenvalue weighted by Gasteiger charge is -2.28. The van der Waals surface area contributed by atoms with E-state index in [1.54, 1.807) is 45.6 Å². The summed E-state index contributed by atoms with van der Waals surface area (Å²) >= 11 is 0. The van der Waals surface area contributed by atoms with E-state index in [0.29, 0.717) is 43.8 Å². The van der Waals surface area contributed by atoms with Gasteiger partial charge in [-0.05, 0) is 52.7 Å². The summed E-state index contributed by atoms with van der Waals surface area (Å²) in [6.07, 6.45) is -0.523. The molecule has 2 atom stereocenters. The molecule has 3 rings (SSSR count). The molecule has 1 aromatic carbocycles. The molecule has 0 spiro atoms. The molecule has 0 unspecified atom stereocenters. The molecule has 2 fully saturated rings. The van der Waals surface area contributed by atoms with Crippen LogP contribution in [0.15, 0.2) is 18.2 Å². The average molecular weight is 494 g/mol. The summed E-state index contributed by atoms with van der Waals surface area (Å²) in [4.78, 5) is 38.8. The van der Waals surface area contributed by atoms with Gasteiger partial charge in [0, 0.05) is 38.5 Å². The Labute approximate surface area is 205 Å². The Morgan fingerprint density at radius 1 is 1.03 bits per heavy atom. The third-order valence-corrected chi connectivity index (χ3v) is 5.68. The Kier molecular flexibility index (Phi) is 7.78. The number of aliphatic hydroxyl groups is 1. The Balaban J connectivity index is 1.66. The minimum absolute atomic E-state index is 0.135. The van der Waals surface area contributed by atoms with Crippen LogP contribution in [0.1, 0.15) is 53.0 Å². The van der Waals surface area contributed by atoms with Crippen molar-refractivity contribution in [1.29, 1.82) is 0 Å². The lowest BCUT2D eigenvalue weighted by molar-refractivity contribution is -0.385. The van der Waals surface area contributed by atoms with Crippen LogP contribution >= 0.6 is 0 Å². The highest BCUT2D eigenvalue weighted by Crippen LogP contribution is 2.29. The zero-order valence-electron chi connectivity index (χ0n) is 21.0. The van der Waals surface area contributed by atoms with Gasteiger partial charge in [-0.2, -0.15) is 0 Å². The molecule has 2 amide bonds. The maximum Gasteiger partial charge on any atom is 0.410 e. The van der Waals surface area contributed by atoms with Crippen molar-refractivity contribution in [2.75, 3.05) is 26.2 Å². The van der Waals surface area contributed by atoms with Crippen molar-refractivity contribution < 1.29 is 33.8 Å². The van der Waals surface area contributed by atoms with Gasteiger partial charge < -0.3 is 29.1 Å². The smallest absolute Gasteiger partial charge is 0.410 e. The van der Waals surface area contributed by atoms with E-state index in [-0.39, 0.29) is 24.8 Å². The van der Waals surface area contributed by atoms with Crippen LogP contribution < -0.4 is 4.74 Å². The first-order valence-electron chi connectivity index (χ1n) is 11.8. The Morgan fingerprint density at radius 3 is 2.26 bits per heavy atom. The molecule has 11 heteroatoms. The lowest BCUT2D eigenvalue weighted by Crippen LogP contribution is -2.38. The normalized spacial score (nSPS) is 20.6. The molecule has 194 valence electrons. The zero-order valence-corrected chi connectivity index (χ0v) is 21.0. The summed E-state index contributed by atoms with van der Waals surface area (Å²) in [6, 6.07) is 4.48. The van der Waals surface area contributed by atoms with Crippen molar-refractivity contribution in [2.45, 2.75) is 77.3 Å². The second-order valence-corrected chi connectivity index (χ2v) is 10.7. The molecule has 2 saturated heterocycles. The van der Waals surface area contributed by atoms with Crippen LogP contribution in [0, 0.1) is 10.1 Å². The third-order valence-electron chi connectivity index (χ3n) is 5.68. The zero-order chi connectivity index (χ0) is 26.0. The van der Waals surface area contributed by atoms with Gasteiger partial charge in [-0.25, -0.2) is 9.59 Å². The number of aliphatic hydroxyl groups excluding tert-OH is 1. The van der Waals surface area contributed by atoms with Crippen LogP contribution in [-0.4, -0.2) is 81.6 Å². The number of nitro benzene ring substituents is 1. The van der Waals surface area contributed by atoms with E-state index in [1.807, 2.05) is 0 Å². The number of hydrogen-bond donors (Lipinski definition) is 1. The fourth-order valence-electron chi connectivity index (χ4n) is 4.16. The van der Waals surface area contributed by atoms with E-state index in [0.717, 1.165) is 0 Å². The number of β-amino-alcohol motifs (C(OH)–C–C–N with tert-alkyl or cyclic N) is 1. The summed E-state index contributed by atoms with van der Waals surface area (Å²) in [6.45, 7) is 10.3. The molecule has 1 aromatic rings. The van der Waals surface area contributed by atoms with Crippen molar-refractivity contribution in [3.8, 4) is 5.75 Å². The molecular formula is C24H35N3O8. The standard InChI is InChI=1S/C24H35N3O8/c1-23(2,3)34-21(29)26-9-7-19(15-26)33-20-11-16(10-17(12-20)27(31)32)13-24(4,5)35-22(30)25-8-6-18(28)14-25/h10-12,18-19,28H,6-9,13-15H2,1-5H3/t18-,19-/m0/s1. The predicted octanol–water partition coefficient (Wildman–Crippen LogP) is 3.51. The minimum atomic E-state index is -0.946. The van der Waals surface area contributed by atoms with Gasteiger partial charge in [0.25, 0.3) is 5.69 Å². The molecular weight excluding hydrogens is 458 g/mol. The van der Waals surface area contributed by atoms with E-state index in [9.17, 15) is 24.8 Å². The first-order valence-corrected chi connectivity index (χ1v) is 11.8. The van der Waals surface area contributed by atoms with Gasteiger partial charge in [0.2, 0.25) is 0 Å². The first kappa shape index (κ1) is 26.5. The topological polar surface area (TPSA) is 132 Å². The average Bonchev–Trinajstić information content (AvgIpc) is 3.35. The summed E-state index contributed by atoms with van der Waals surface area (Å²) in [5.41, 5.74) is -1.10. The Hall–Kier alpha value is -3.08. The fourth-order valence-corrected chi connectivity index (χ4v) is 4.16. The summed E-state index contributed by atoms with van der Waals surface area (Å²) in [5.74, 6) is 0.315. The highest BCUT2D eigenvalue weighted by molar-refractivity contribution is 5.69. The molecule has 0 radical (unpaired) electrons. The molecule has 2 aliphatic rings. The first-order chi connectivity index (χ1) is 16.2. The van der Waals surface area contributed by atoms with Gasteiger partial charge in [-0.1, -0.05) is 0 Å². The van der Waals surface area contributed by atoms with Crippen molar-refractivity contribution >= 4 is 17.9 Å². The number of benzene rings is 1. The molecule has 0 aromatic heterocycles. The quantitative estimate of drug-likeness (QED) is 0.470. The van der Waals surface area contributed by atoms with Crippen LogP contribution in [0.4, 0.5) is 15.3 Å². The second-order valence-electron chi connectivity index (χ2n) is 10.7. The number of likely N-dealkylation sites (tertiary alicyclic amines) is 2. The van der Waals surface area contributed by atoms with Gasteiger partial charge in [0.15, 0.2) is 0 Å². The number of ether oxygens (including phenoxy) is 3. The molecule has 2 aliphatic heterocycles. The highest BCUT2D eigenvalue weighted by atomic mass is 16.6. The van der Waals surface area contributed by atoms with Gasteiger partial charge in [-0.15, -0.1) is 0 Å². The van der Waals surface area contributed by atoms with Crippen molar-refractivity contribution in [1.82, 2.24) is 9.80 Å². The Bertz CT molecular complexity index is 959. The van der Waals surface area contributed by atoms with Crippen LogP contribution in [0.25, 0.3) is 0 Å². The van der Waals surface area contributed by atoms with Gasteiger partial charge in [0.1, 0.15) is 23.1 Å². The molecule has 1 N–H and O–H groups in total. The van der Waals surface area contributed by atoms with E-state index in [1.165, 1.54) is 17.0 Å². The predicted molar refractivity (Wildman–Crippen MR) is 126 cm³/mol. The number of carbonyl (C=O) groups excluding carboxylic acids is 2. The number of amides is 2. The van der Waals surface area contributed by atoms with Gasteiger partial charge in [-0.3, -0.25) is 10.1 Å². The van der Waals surface area contributed by atoms with Crippen molar-refractivity contribution in [3.63, 3.8) is 0 Å². The molecule has 0 bridgehead atoms.